The van der Waals surface area contributed by atoms with Gasteiger partial charge in [-0.15, -0.1) is 11.8 Å². The number of hydrogen-bond acceptors (Lipinski definition) is 6. The van der Waals surface area contributed by atoms with E-state index in [-0.39, 0.29) is 29.3 Å². The van der Waals surface area contributed by atoms with Gasteiger partial charge < -0.3 is 5.32 Å². The Kier molecular flexibility index (Phi) is 5.28. The number of Topliss-reactive ketones (excluding diaryl/α,β-unsaturated/α-hetero) is 1. The fraction of sp³-hybridized carbons (Fsp3) is 0.286. The number of nitro groups is 1. The minimum Gasteiger partial charge on any atom is -0.324 e. The topological polar surface area (TPSA) is 92.5 Å². The number of thioether (sulfide) groups is 1. The van der Waals surface area contributed by atoms with E-state index >= 15 is 0 Å². The summed E-state index contributed by atoms with van der Waals surface area (Å²) in [6.07, 6.45) is 0. The average Bonchev–Trinajstić information content (AvgIpc) is 3.52. The van der Waals surface area contributed by atoms with E-state index in [0.717, 1.165) is 33.7 Å². The lowest BCUT2D eigenvalue weighted by Crippen LogP contribution is -2.52. The summed E-state index contributed by atoms with van der Waals surface area (Å²) in [6, 6.07) is 19.8. The van der Waals surface area contributed by atoms with Crippen molar-refractivity contribution < 1.29 is 14.5 Å². The van der Waals surface area contributed by atoms with Gasteiger partial charge in [0.25, 0.3) is 5.69 Å². The minimum atomic E-state index is -1.15. The van der Waals surface area contributed by atoms with Gasteiger partial charge in [0.05, 0.1) is 10.8 Å². The molecule has 1 amide bonds. The predicted molar refractivity (Wildman–Crippen MR) is 139 cm³/mol. The lowest BCUT2D eigenvalue weighted by molar-refractivity contribution is -0.384. The molecule has 6 rings (SSSR count). The number of anilines is 1. The molecule has 0 bridgehead atoms. The zero-order valence-electron chi connectivity index (χ0n) is 19.9. The Morgan fingerprint density at radius 2 is 1.75 bits per heavy atom. The van der Waals surface area contributed by atoms with E-state index in [1.807, 2.05) is 56.3 Å². The highest BCUT2D eigenvalue weighted by Gasteiger charge is 2.69. The van der Waals surface area contributed by atoms with Gasteiger partial charge in [0.15, 0.2) is 5.78 Å². The van der Waals surface area contributed by atoms with Crippen LogP contribution in [0, 0.1) is 29.9 Å². The molecule has 0 aliphatic carbocycles. The zero-order valence-corrected chi connectivity index (χ0v) is 20.7. The van der Waals surface area contributed by atoms with E-state index in [2.05, 4.69) is 10.2 Å². The van der Waals surface area contributed by atoms with Crippen molar-refractivity contribution in [3.63, 3.8) is 0 Å². The largest absolute Gasteiger partial charge is 0.324 e. The van der Waals surface area contributed by atoms with Gasteiger partial charge in [0, 0.05) is 52.5 Å². The Hall–Kier alpha value is -3.49. The van der Waals surface area contributed by atoms with Gasteiger partial charge in [-0.2, -0.15) is 0 Å². The Labute approximate surface area is 213 Å². The van der Waals surface area contributed by atoms with Gasteiger partial charge in [-0.1, -0.05) is 59.7 Å². The molecule has 1 N–H and O–H groups in total. The molecule has 2 saturated heterocycles. The van der Waals surface area contributed by atoms with E-state index in [0.29, 0.717) is 11.4 Å². The Morgan fingerprint density at radius 3 is 2.44 bits per heavy atom. The van der Waals surface area contributed by atoms with Gasteiger partial charge >= 0.3 is 0 Å². The number of carbonyl (C=O) groups is 2. The summed E-state index contributed by atoms with van der Waals surface area (Å²) in [5.41, 5.74) is 3.93. The third kappa shape index (κ3) is 3.17. The minimum absolute atomic E-state index is 0.00473. The van der Waals surface area contributed by atoms with Crippen molar-refractivity contribution >= 4 is 34.8 Å². The number of carbonyl (C=O) groups excluding carboxylic acids is 2. The second-order valence-electron chi connectivity index (χ2n) is 9.89. The molecule has 3 aromatic carbocycles. The van der Waals surface area contributed by atoms with Crippen LogP contribution in [-0.2, 0) is 10.3 Å². The first kappa shape index (κ1) is 22.9. The molecule has 0 unspecified atom stereocenters. The van der Waals surface area contributed by atoms with Crippen molar-refractivity contribution in [3.8, 4) is 0 Å². The lowest BCUT2D eigenvalue weighted by Gasteiger charge is -2.36. The molecule has 4 atom stereocenters. The number of aryl methyl sites for hydroxylation is 2. The maximum atomic E-state index is 14.4. The monoisotopic (exact) mass is 499 g/mol. The van der Waals surface area contributed by atoms with Crippen LogP contribution in [0.4, 0.5) is 11.4 Å². The van der Waals surface area contributed by atoms with Crippen molar-refractivity contribution in [2.24, 2.45) is 5.92 Å². The number of nitrogens with one attached hydrogen (secondary N) is 1. The molecule has 36 heavy (non-hydrogen) atoms. The molecule has 182 valence electrons. The summed E-state index contributed by atoms with van der Waals surface area (Å²) in [6.45, 7) is 3.97. The number of hydrogen-bond donors (Lipinski definition) is 1. The van der Waals surface area contributed by atoms with Gasteiger partial charge in [-0.05, 0) is 25.5 Å². The van der Waals surface area contributed by atoms with Crippen molar-refractivity contribution in [1.82, 2.24) is 4.90 Å². The number of fused-ring (bicyclic) bond motifs is 4. The van der Waals surface area contributed by atoms with E-state index in [1.54, 1.807) is 23.9 Å². The highest BCUT2D eigenvalue weighted by molar-refractivity contribution is 7.99. The van der Waals surface area contributed by atoms with E-state index in [1.165, 1.54) is 12.1 Å². The third-order valence-electron chi connectivity index (χ3n) is 7.88. The number of amides is 1. The third-order valence-corrected chi connectivity index (χ3v) is 8.92. The molecule has 3 aliphatic rings. The molecule has 7 nitrogen and oxygen atoms in total. The zero-order chi connectivity index (χ0) is 25.2. The summed E-state index contributed by atoms with van der Waals surface area (Å²) in [5, 5.41) is 14.4. The smallest absolute Gasteiger partial charge is 0.269 e. The number of nitrogens with zero attached hydrogens (tertiary/aromatic N) is 2. The van der Waals surface area contributed by atoms with Gasteiger partial charge in [-0.25, -0.2) is 0 Å². The van der Waals surface area contributed by atoms with Crippen LogP contribution in [-0.4, -0.2) is 39.2 Å². The normalized spacial score (nSPS) is 26.6. The molecule has 3 heterocycles. The van der Waals surface area contributed by atoms with Crippen LogP contribution in [0.5, 0.6) is 0 Å². The first-order chi connectivity index (χ1) is 17.3. The summed E-state index contributed by atoms with van der Waals surface area (Å²) in [4.78, 5) is 41.5. The van der Waals surface area contributed by atoms with Crippen LogP contribution in [0.3, 0.4) is 0 Å². The SMILES string of the molecule is Cc1ccc(C(=O)[C@@H]2[C@H](c3ccc([N+](=O)[O-])cc3)[C@H]3CSCN3[C@]23C(=O)Nc2ccc(C)cc23)cc1. The molecule has 8 heteroatoms. The molecule has 2 fully saturated rings. The molecular formula is C28H25N3O4S. The number of benzene rings is 3. The molecule has 3 aliphatic heterocycles. The van der Waals surface area contributed by atoms with Crippen LogP contribution >= 0.6 is 11.8 Å². The number of non-ortho nitro benzene ring substituents is 1. The van der Waals surface area contributed by atoms with Crippen LogP contribution in [0.1, 0.15) is 38.5 Å². The van der Waals surface area contributed by atoms with E-state index < -0.39 is 16.4 Å². The van der Waals surface area contributed by atoms with Crippen LogP contribution in [0.25, 0.3) is 0 Å². The van der Waals surface area contributed by atoms with Gasteiger partial charge in [-0.3, -0.25) is 24.6 Å². The van der Waals surface area contributed by atoms with Gasteiger partial charge in [0.2, 0.25) is 5.91 Å². The van der Waals surface area contributed by atoms with Crippen LogP contribution in [0.15, 0.2) is 66.7 Å². The Bertz CT molecular complexity index is 1410. The Morgan fingerprint density at radius 1 is 1.06 bits per heavy atom. The van der Waals surface area contributed by atoms with Crippen molar-refractivity contribution in [2.45, 2.75) is 31.3 Å². The highest BCUT2D eigenvalue weighted by atomic mass is 32.2. The van der Waals surface area contributed by atoms with Gasteiger partial charge in [0.1, 0.15) is 5.54 Å². The molecule has 0 aromatic heterocycles. The summed E-state index contributed by atoms with van der Waals surface area (Å²) in [5.74, 6) is 0.164. The van der Waals surface area contributed by atoms with E-state index in [4.69, 9.17) is 0 Å². The standard InChI is InChI=1S/C28H25N3O4S/c1-16-3-6-19(7-4-16)26(32)25-24(18-8-10-20(11-9-18)31(34)35)23-14-36-15-30(23)28(25)21-13-17(2)5-12-22(21)29-27(28)33/h3-13,23-25H,14-15H2,1-2H3,(H,29,33)/t23-,24-,25+,28+/m1/s1. The average molecular weight is 500 g/mol. The summed E-state index contributed by atoms with van der Waals surface area (Å²) in [7, 11) is 0. The Balaban J connectivity index is 1.59. The molecule has 1 spiro atoms. The second-order valence-corrected chi connectivity index (χ2v) is 10.9. The van der Waals surface area contributed by atoms with E-state index in [9.17, 15) is 19.7 Å². The fourth-order valence-corrected chi connectivity index (χ4v) is 7.60. The molecule has 0 saturated carbocycles. The summed E-state index contributed by atoms with van der Waals surface area (Å²) < 4.78 is 0. The van der Waals surface area contributed by atoms with Crippen molar-refractivity contribution in [2.75, 3.05) is 16.9 Å². The highest BCUT2D eigenvalue weighted by Crippen LogP contribution is 2.61. The first-order valence-electron chi connectivity index (χ1n) is 11.9. The van der Waals surface area contributed by atoms with Crippen molar-refractivity contribution in [1.29, 1.82) is 0 Å². The fourth-order valence-electron chi connectivity index (χ4n) is 6.28. The molecule has 3 aromatic rings. The van der Waals surface area contributed by atoms with Crippen molar-refractivity contribution in [3.05, 3.63) is 105 Å². The maximum Gasteiger partial charge on any atom is 0.269 e. The number of nitro benzene ring substituents is 1. The molecule has 0 radical (unpaired) electrons. The summed E-state index contributed by atoms with van der Waals surface area (Å²) >= 11 is 1.75. The maximum absolute atomic E-state index is 14.4. The number of rotatable bonds is 4. The number of ketones is 1. The van der Waals surface area contributed by atoms with Crippen LogP contribution < -0.4 is 5.32 Å². The second kappa shape index (κ2) is 8.28. The lowest BCUT2D eigenvalue weighted by atomic mass is 9.69. The van der Waals surface area contributed by atoms with Crippen LogP contribution in [0.2, 0.25) is 0 Å². The quantitative estimate of drug-likeness (QED) is 0.308. The predicted octanol–water partition coefficient (Wildman–Crippen LogP) is 5.03. The first-order valence-corrected chi connectivity index (χ1v) is 13.1. The molecular weight excluding hydrogens is 474 g/mol.